The Hall–Kier alpha value is -1.02. The van der Waals surface area contributed by atoms with Gasteiger partial charge < -0.3 is 10.6 Å². The van der Waals surface area contributed by atoms with E-state index in [9.17, 15) is 0 Å². The van der Waals surface area contributed by atoms with E-state index >= 15 is 0 Å². The molecular formula is C15H24N2. The second-order valence-corrected chi connectivity index (χ2v) is 5.60. The average molecular weight is 232 g/mol. The monoisotopic (exact) mass is 232 g/mol. The number of benzene rings is 1. The van der Waals surface area contributed by atoms with E-state index in [1.807, 2.05) is 0 Å². The smallest absolute Gasteiger partial charge is 0.0363 e. The summed E-state index contributed by atoms with van der Waals surface area (Å²) >= 11 is 0. The molecule has 1 aliphatic carbocycles. The minimum atomic E-state index is 0.361. The summed E-state index contributed by atoms with van der Waals surface area (Å²) in [6.07, 6.45) is 5.28. The number of hydrogen-bond donors (Lipinski definition) is 1. The molecule has 1 saturated carbocycles. The van der Waals surface area contributed by atoms with Gasteiger partial charge in [-0.05, 0) is 38.4 Å². The van der Waals surface area contributed by atoms with Crippen LogP contribution in [0.15, 0.2) is 24.3 Å². The zero-order chi connectivity index (χ0) is 12.3. The molecule has 0 atom stereocenters. The molecule has 0 radical (unpaired) electrons. The summed E-state index contributed by atoms with van der Waals surface area (Å²) in [5, 5.41) is 0. The van der Waals surface area contributed by atoms with Gasteiger partial charge in [0, 0.05) is 24.7 Å². The van der Waals surface area contributed by atoms with Gasteiger partial charge in [0.05, 0.1) is 0 Å². The standard InChI is InChI=1S/C15H24N2/c1-13-5-7-14(8-6-13)17(2)12-15(11-16)9-3-4-10-15/h5-8H,3-4,9-12,16H2,1-2H3. The van der Waals surface area contributed by atoms with Crippen LogP contribution in [0.25, 0.3) is 0 Å². The van der Waals surface area contributed by atoms with Crippen molar-refractivity contribution in [2.75, 3.05) is 25.0 Å². The summed E-state index contributed by atoms with van der Waals surface area (Å²) in [5.41, 5.74) is 8.97. The SMILES string of the molecule is Cc1ccc(N(C)CC2(CN)CCCC2)cc1. The van der Waals surface area contributed by atoms with Crippen LogP contribution in [0.3, 0.4) is 0 Å². The fourth-order valence-electron chi connectivity index (χ4n) is 2.95. The number of nitrogens with two attached hydrogens (primary N) is 1. The Kier molecular flexibility index (Phi) is 3.72. The Morgan fingerprint density at radius 3 is 2.29 bits per heavy atom. The maximum atomic E-state index is 5.99. The van der Waals surface area contributed by atoms with E-state index in [4.69, 9.17) is 5.73 Å². The predicted molar refractivity (Wildman–Crippen MR) is 74.4 cm³/mol. The van der Waals surface area contributed by atoms with Crippen molar-refractivity contribution in [2.24, 2.45) is 11.1 Å². The third-order valence-corrected chi connectivity index (χ3v) is 4.14. The van der Waals surface area contributed by atoms with Crippen LogP contribution in [0.1, 0.15) is 31.2 Å². The number of aryl methyl sites for hydroxylation is 1. The van der Waals surface area contributed by atoms with Crippen LogP contribution in [0, 0.1) is 12.3 Å². The number of nitrogens with zero attached hydrogens (tertiary/aromatic N) is 1. The number of hydrogen-bond acceptors (Lipinski definition) is 2. The molecule has 94 valence electrons. The Morgan fingerprint density at radius 1 is 1.18 bits per heavy atom. The Bertz CT molecular complexity index is 350. The van der Waals surface area contributed by atoms with E-state index in [-0.39, 0.29) is 0 Å². The average Bonchev–Trinajstić information content (AvgIpc) is 2.79. The topological polar surface area (TPSA) is 29.3 Å². The third-order valence-electron chi connectivity index (χ3n) is 4.14. The van der Waals surface area contributed by atoms with E-state index in [0.29, 0.717) is 5.41 Å². The molecular weight excluding hydrogens is 208 g/mol. The summed E-state index contributed by atoms with van der Waals surface area (Å²) in [5.74, 6) is 0. The van der Waals surface area contributed by atoms with E-state index in [0.717, 1.165) is 13.1 Å². The summed E-state index contributed by atoms with van der Waals surface area (Å²) in [6.45, 7) is 4.04. The summed E-state index contributed by atoms with van der Waals surface area (Å²) in [4.78, 5) is 2.36. The van der Waals surface area contributed by atoms with Crippen LogP contribution in [-0.4, -0.2) is 20.1 Å². The van der Waals surface area contributed by atoms with Gasteiger partial charge in [0.25, 0.3) is 0 Å². The van der Waals surface area contributed by atoms with Crippen molar-refractivity contribution < 1.29 is 0 Å². The van der Waals surface area contributed by atoms with E-state index in [2.05, 4.69) is 43.1 Å². The first-order chi connectivity index (χ1) is 8.15. The number of rotatable bonds is 4. The van der Waals surface area contributed by atoms with Gasteiger partial charge in [-0.25, -0.2) is 0 Å². The lowest BCUT2D eigenvalue weighted by Gasteiger charge is -2.33. The Balaban J connectivity index is 2.05. The van der Waals surface area contributed by atoms with Crippen molar-refractivity contribution in [3.05, 3.63) is 29.8 Å². The Labute approximate surface area is 105 Å². The molecule has 2 heteroatoms. The van der Waals surface area contributed by atoms with Crippen LogP contribution >= 0.6 is 0 Å². The second-order valence-electron chi connectivity index (χ2n) is 5.60. The van der Waals surface area contributed by atoms with Crippen molar-refractivity contribution in [3.8, 4) is 0 Å². The highest BCUT2D eigenvalue weighted by Gasteiger charge is 2.33. The van der Waals surface area contributed by atoms with Crippen LogP contribution in [0.4, 0.5) is 5.69 Å². The van der Waals surface area contributed by atoms with Gasteiger partial charge >= 0.3 is 0 Å². The van der Waals surface area contributed by atoms with Gasteiger partial charge in [-0.1, -0.05) is 30.5 Å². The normalized spacial score (nSPS) is 18.3. The fourth-order valence-corrected chi connectivity index (χ4v) is 2.95. The van der Waals surface area contributed by atoms with Crippen LogP contribution in [-0.2, 0) is 0 Å². The molecule has 1 aliphatic rings. The summed E-state index contributed by atoms with van der Waals surface area (Å²) in [6, 6.07) is 8.76. The van der Waals surface area contributed by atoms with Gasteiger partial charge in [0.2, 0.25) is 0 Å². The predicted octanol–water partition coefficient (Wildman–Crippen LogP) is 2.95. The van der Waals surface area contributed by atoms with Crippen molar-refractivity contribution in [2.45, 2.75) is 32.6 Å². The van der Waals surface area contributed by atoms with Crippen molar-refractivity contribution >= 4 is 5.69 Å². The highest BCUT2D eigenvalue weighted by Crippen LogP contribution is 2.38. The maximum absolute atomic E-state index is 5.99. The first-order valence-electron chi connectivity index (χ1n) is 6.63. The maximum Gasteiger partial charge on any atom is 0.0363 e. The lowest BCUT2D eigenvalue weighted by atomic mass is 9.85. The molecule has 1 aromatic rings. The molecule has 0 amide bonds. The van der Waals surface area contributed by atoms with E-state index < -0.39 is 0 Å². The molecule has 1 aromatic carbocycles. The van der Waals surface area contributed by atoms with Crippen molar-refractivity contribution in [3.63, 3.8) is 0 Å². The van der Waals surface area contributed by atoms with Gasteiger partial charge in [-0.3, -0.25) is 0 Å². The molecule has 0 heterocycles. The highest BCUT2D eigenvalue weighted by atomic mass is 15.1. The van der Waals surface area contributed by atoms with Crippen molar-refractivity contribution in [1.82, 2.24) is 0 Å². The lowest BCUT2D eigenvalue weighted by molar-refractivity contribution is 0.316. The molecule has 0 unspecified atom stereocenters. The van der Waals surface area contributed by atoms with Crippen molar-refractivity contribution in [1.29, 1.82) is 0 Å². The molecule has 0 aromatic heterocycles. The third kappa shape index (κ3) is 2.81. The highest BCUT2D eigenvalue weighted by molar-refractivity contribution is 5.47. The van der Waals surface area contributed by atoms with E-state index in [1.54, 1.807) is 0 Å². The quantitative estimate of drug-likeness (QED) is 0.865. The minimum absolute atomic E-state index is 0.361. The molecule has 1 fully saturated rings. The molecule has 0 spiro atoms. The Morgan fingerprint density at radius 2 is 1.76 bits per heavy atom. The summed E-state index contributed by atoms with van der Waals surface area (Å²) in [7, 11) is 2.18. The summed E-state index contributed by atoms with van der Waals surface area (Å²) < 4.78 is 0. The lowest BCUT2D eigenvalue weighted by Crippen LogP contribution is -2.39. The van der Waals surface area contributed by atoms with Crippen LogP contribution in [0.2, 0.25) is 0 Å². The minimum Gasteiger partial charge on any atom is -0.374 e. The zero-order valence-corrected chi connectivity index (χ0v) is 11.1. The van der Waals surface area contributed by atoms with Crippen LogP contribution in [0.5, 0.6) is 0 Å². The molecule has 0 aliphatic heterocycles. The van der Waals surface area contributed by atoms with E-state index in [1.165, 1.54) is 36.9 Å². The van der Waals surface area contributed by atoms with Gasteiger partial charge in [-0.2, -0.15) is 0 Å². The molecule has 2 N–H and O–H groups in total. The first-order valence-corrected chi connectivity index (χ1v) is 6.63. The largest absolute Gasteiger partial charge is 0.374 e. The zero-order valence-electron chi connectivity index (χ0n) is 11.1. The second kappa shape index (κ2) is 5.09. The molecule has 0 saturated heterocycles. The van der Waals surface area contributed by atoms with Gasteiger partial charge in [0.15, 0.2) is 0 Å². The van der Waals surface area contributed by atoms with Gasteiger partial charge in [-0.15, -0.1) is 0 Å². The fraction of sp³-hybridized carbons (Fsp3) is 0.600. The number of anilines is 1. The van der Waals surface area contributed by atoms with Crippen LogP contribution < -0.4 is 10.6 Å². The van der Waals surface area contributed by atoms with Gasteiger partial charge in [0.1, 0.15) is 0 Å². The first kappa shape index (κ1) is 12.4. The molecule has 2 nitrogen and oxygen atoms in total. The molecule has 2 rings (SSSR count). The molecule has 0 bridgehead atoms. The molecule has 17 heavy (non-hydrogen) atoms.